The van der Waals surface area contributed by atoms with E-state index in [-0.39, 0.29) is 11.6 Å². The molecule has 0 unspecified atom stereocenters. The van der Waals surface area contributed by atoms with Gasteiger partial charge >= 0.3 is 5.97 Å². The molecule has 1 saturated carbocycles. The Hall–Kier alpha value is -1.73. The summed E-state index contributed by atoms with van der Waals surface area (Å²) in [6, 6.07) is 8.44. The van der Waals surface area contributed by atoms with Crippen LogP contribution in [0.4, 0.5) is 5.82 Å². The lowest BCUT2D eigenvalue weighted by Gasteiger charge is -2.24. The highest BCUT2D eigenvalue weighted by molar-refractivity contribution is 7.99. The summed E-state index contributed by atoms with van der Waals surface area (Å²) in [7, 11) is 0. The first-order valence-electron chi connectivity index (χ1n) is 9.21. The molecule has 1 aromatic heterocycles. The van der Waals surface area contributed by atoms with Gasteiger partial charge in [-0.25, -0.2) is 14.8 Å². The number of aryl methyl sites for hydroxylation is 1. The molecule has 2 N–H and O–H groups in total. The fraction of sp³-hybridized carbons (Fsp3) is 0.450. The Morgan fingerprint density at radius 2 is 1.96 bits per heavy atom. The van der Waals surface area contributed by atoms with E-state index in [9.17, 15) is 9.90 Å². The van der Waals surface area contributed by atoms with Crippen LogP contribution < -0.4 is 5.32 Å². The topological polar surface area (TPSA) is 75.1 Å². The number of thioether (sulfide) groups is 2. The maximum Gasteiger partial charge on any atom is 0.342 e. The number of benzene rings is 1. The van der Waals surface area contributed by atoms with E-state index in [1.807, 2.05) is 18.4 Å². The van der Waals surface area contributed by atoms with Crippen molar-refractivity contribution in [3.63, 3.8) is 0 Å². The monoisotopic (exact) mass is 403 g/mol. The Labute approximate surface area is 168 Å². The normalized spacial score (nSPS) is 14.9. The molecule has 0 spiro atoms. The van der Waals surface area contributed by atoms with Crippen LogP contribution in [0.25, 0.3) is 0 Å². The number of carboxylic acids is 1. The van der Waals surface area contributed by atoms with Crippen molar-refractivity contribution in [2.24, 2.45) is 0 Å². The Morgan fingerprint density at radius 3 is 2.63 bits per heavy atom. The first kappa shape index (κ1) is 20.0. The molecule has 0 bridgehead atoms. The summed E-state index contributed by atoms with van der Waals surface area (Å²) in [5.41, 5.74) is 2.57. The van der Waals surface area contributed by atoms with Crippen molar-refractivity contribution in [1.82, 2.24) is 9.97 Å². The highest BCUT2D eigenvalue weighted by Crippen LogP contribution is 2.32. The van der Waals surface area contributed by atoms with E-state index in [2.05, 4.69) is 34.3 Å². The molecule has 27 heavy (non-hydrogen) atoms. The van der Waals surface area contributed by atoms with Crippen molar-refractivity contribution in [2.75, 3.05) is 11.6 Å². The third-order valence-electron chi connectivity index (χ3n) is 4.82. The Morgan fingerprint density at radius 1 is 1.22 bits per heavy atom. The molecule has 5 nitrogen and oxygen atoms in total. The first-order valence-corrected chi connectivity index (χ1v) is 11.4. The number of aromatic carboxylic acids is 1. The van der Waals surface area contributed by atoms with Gasteiger partial charge < -0.3 is 10.4 Å². The van der Waals surface area contributed by atoms with Crippen LogP contribution in [-0.2, 0) is 5.75 Å². The number of anilines is 1. The number of aromatic nitrogens is 2. The van der Waals surface area contributed by atoms with Gasteiger partial charge in [-0.15, -0.1) is 11.8 Å². The van der Waals surface area contributed by atoms with Crippen LogP contribution in [0.1, 0.15) is 53.6 Å². The van der Waals surface area contributed by atoms with E-state index in [0.29, 0.717) is 21.8 Å². The second-order valence-corrected chi connectivity index (χ2v) is 8.48. The lowest BCUT2D eigenvalue weighted by molar-refractivity contribution is 0.0692. The van der Waals surface area contributed by atoms with E-state index < -0.39 is 5.97 Å². The van der Waals surface area contributed by atoms with Crippen LogP contribution >= 0.6 is 23.5 Å². The zero-order valence-electron chi connectivity index (χ0n) is 15.7. The molecule has 1 aliphatic carbocycles. The molecule has 3 rings (SSSR count). The molecule has 0 saturated heterocycles. The lowest BCUT2D eigenvalue weighted by Crippen LogP contribution is -2.25. The van der Waals surface area contributed by atoms with Gasteiger partial charge in [-0.3, -0.25) is 0 Å². The zero-order chi connectivity index (χ0) is 19.2. The third-order valence-corrected chi connectivity index (χ3v) is 6.40. The minimum absolute atomic E-state index is 0.192. The summed E-state index contributed by atoms with van der Waals surface area (Å²) in [6.45, 7) is 2.07. The molecule has 1 aliphatic rings. The number of carbonyl (C=O) groups is 1. The number of carboxylic acid groups (broad SMARTS) is 1. The lowest BCUT2D eigenvalue weighted by atomic mass is 9.95. The minimum Gasteiger partial charge on any atom is -0.477 e. The van der Waals surface area contributed by atoms with Gasteiger partial charge in [0.05, 0.1) is 0 Å². The van der Waals surface area contributed by atoms with Crippen LogP contribution in [0.5, 0.6) is 0 Å². The average Bonchev–Trinajstić information content (AvgIpc) is 2.67. The quantitative estimate of drug-likeness (QED) is 0.372. The van der Waals surface area contributed by atoms with Crippen LogP contribution in [0.2, 0.25) is 0 Å². The highest BCUT2D eigenvalue weighted by Gasteiger charge is 2.24. The van der Waals surface area contributed by atoms with Crippen molar-refractivity contribution >= 4 is 35.3 Å². The number of nitrogens with zero attached hydrogens (tertiary/aromatic N) is 2. The second-order valence-electron chi connectivity index (χ2n) is 6.74. The average molecular weight is 404 g/mol. The molecule has 0 amide bonds. The molecule has 1 aromatic carbocycles. The molecular formula is C20H25N3O2S2. The first-order chi connectivity index (χ1) is 13.1. The molecular weight excluding hydrogens is 378 g/mol. The second kappa shape index (κ2) is 9.46. The largest absolute Gasteiger partial charge is 0.477 e. The number of hydrogen-bond acceptors (Lipinski definition) is 6. The van der Waals surface area contributed by atoms with Crippen LogP contribution in [0, 0.1) is 6.92 Å². The molecule has 7 heteroatoms. The van der Waals surface area contributed by atoms with Gasteiger partial charge in [0.2, 0.25) is 0 Å². The summed E-state index contributed by atoms with van der Waals surface area (Å²) in [5.74, 6) is 0.162. The van der Waals surface area contributed by atoms with Gasteiger partial charge in [0, 0.05) is 11.8 Å². The predicted octanol–water partition coefficient (Wildman–Crippen LogP) is 5.24. The van der Waals surface area contributed by atoms with E-state index >= 15 is 0 Å². The maximum atomic E-state index is 12.0. The predicted molar refractivity (Wildman–Crippen MR) is 112 cm³/mol. The smallest absolute Gasteiger partial charge is 0.342 e. The Kier molecular flexibility index (Phi) is 7.01. The third kappa shape index (κ3) is 5.17. The van der Waals surface area contributed by atoms with E-state index in [1.165, 1.54) is 53.9 Å². The van der Waals surface area contributed by atoms with E-state index in [4.69, 9.17) is 0 Å². The maximum absolute atomic E-state index is 12.0. The molecule has 2 aromatic rings. The summed E-state index contributed by atoms with van der Waals surface area (Å²) in [6.07, 6.45) is 7.63. The van der Waals surface area contributed by atoms with Gasteiger partial charge in [-0.1, -0.05) is 55.3 Å². The number of nitrogens with one attached hydrogen (secondary N) is 1. The number of hydrogen-bond donors (Lipinski definition) is 2. The summed E-state index contributed by atoms with van der Waals surface area (Å²) in [5, 5.41) is 14.4. The Bertz CT molecular complexity index is 808. The molecule has 1 fully saturated rings. The van der Waals surface area contributed by atoms with Gasteiger partial charge in [0.25, 0.3) is 0 Å². The summed E-state index contributed by atoms with van der Waals surface area (Å²) in [4.78, 5) is 21.0. The molecule has 0 aliphatic heterocycles. The van der Waals surface area contributed by atoms with Gasteiger partial charge in [-0.05, 0) is 37.1 Å². The standard InChI is InChI=1S/C20H25N3O2S2/c1-13-8-6-7-9-14(13)12-27-18-16(19(24)25)17(22-20(23-18)26-2)21-15-10-4-3-5-11-15/h6-9,15H,3-5,10-12H2,1-2H3,(H,24,25)(H,21,22,23). The van der Waals surface area contributed by atoms with Crippen LogP contribution in [0.15, 0.2) is 34.4 Å². The fourth-order valence-corrected chi connectivity index (χ4v) is 4.79. The van der Waals surface area contributed by atoms with Crippen molar-refractivity contribution in [3.05, 3.63) is 41.0 Å². The van der Waals surface area contributed by atoms with Crippen molar-refractivity contribution < 1.29 is 9.90 Å². The summed E-state index contributed by atoms with van der Waals surface area (Å²) >= 11 is 2.90. The van der Waals surface area contributed by atoms with Gasteiger partial charge in [-0.2, -0.15) is 0 Å². The minimum atomic E-state index is -0.978. The molecule has 0 atom stereocenters. The number of rotatable bonds is 7. The van der Waals surface area contributed by atoms with Crippen molar-refractivity contribution in [1.29, 1.82) is 0 Å². The van der Waals surface area contributed by atoms with E-state index in [0.717, 1.165) is 12.8 Å². The van der Waals surface area contributed by atoms with E-state index in [1.54, 1.807) is 0 Å². The van der Waals surface area contributed by atoms with Crippen LogP contribution in [0.3, 0.4) is 0 Å². The zero-order valence-corrected chi connectivity index (χ0v) is 17.3. The highest BCUT2D eigenvalue weighted by atomic mass is 32.2. The van der Waals surface area contributed by atoms with Gasteiger partial charge in [0.1, 0.15) is 16.4 Å². The van der Waals surface area contributed by atoms with Crippen molar-refractivity contribution in [3.8, 4) is 0 Å². The van der Waals surface area contributed by atoms with Crippen LogP contribution in [-0.4, -0.2) is 33.3 Å². The van der Waals surface area contributed by atoms with Crippen molar-refractivity contribution in [2.45, 2.75) is 61.0 Å². The summed E-state index contributed by atoms with van der Waals surface area (Å²) < 4.78 is 0. The SMILES string of the molecule is CSc1nc(NC2CCCCC2)c(C(=O)O)c(SCc2ccccc2C)n1. The Balaban J connectivity index is 1.89. The fourth-order valence-electron chi connectivity index (χ4n) is 3.27. The molecule has 144 valence electrons. The molecule has 1 heterocycles. The van der Waals surface area contributed by atoms with Gasteiger partial charge in [0.15, 0.2) is 5.16 Å². The molecule has 0 radical (unpaired) electrons.